The SMILES string of the molecule is CC1CC(C)CN(S(=O)(=O)N(C)Cc2ccc(C(F)(F)F)cc2)C1. The van der Waals surface area contributed by atoms with Crippen molar-refractivity contribution in [2.75, 3.05) is 20.1 Å². The molecule has 4 nitrogen and oxygen atoms in total. The minimum absolute atomic E-state index is 0.0414. The Hall–Kier alpha value is -1.12. The number of piperidine rings is 1. The van der Waals surface area contributed by atoms with Crippen molar-refractivity contribution in [1.29, 1.82) is 0 Å². The summed E-state index contributed by atoms with van der Waals surface area (Å²) in [6.45, 7) is 5.04. The fraction of sp³-hybridized carbons (Fsp3) is 0.625. The predicted molar refractivity (Wildman–Crippen MR) is 86.3 cm³/mol. The first-order valence-corrected chi connectivity index (χ1v) is 9.27. The van der Waals surface area contributed by atoms with Gasteiger partial charge in [0.05, 0.1) is 5.56 Å². The van der Waals surface area contributed by atoms with Crippen molar-refractivity contribution in [2.45, 2.75) is 33.0 Å². The van der Waals surface area contributed by atoms with Crippen LogP contribution in [0, 0.1) is 11.8 Å². The monoisotopic (exact) mass is 364 g/mol. The van der Waals surface area contributed by atoms with Gasteiger partial charge in [0.1, 0.15) is 0 Å². The Morgan fingerprint density at radius 2 is 1.62 bits per heavy atom. The number of alkyl halides is 3. The molecular formula is C16H23F3N2O2S. The number of benzene rings is 1. The Balaban J connectivity index is 2.09. The van der Waals surface area contributed by atoms with Crippen LogP contribution in [0.2, 0.25) is 0 Å². The van der Waals surface area contributed by atoms with E-state index in [4.69, 9.17) is 0 Å². The summed E-state index contributed by atoms with van der Waals surface area (Å²) >= 11 is 0. The first-order chi connectivity index (χ1) is 11.0. The lowest BCUT2D eigenvalue weighted by Gasteiger charge is -2.36. The molecule has 2 rings (SSSR count). The third-order valence-corrected chi connectivity index (χ3v) is 6.11. The highest BCUT2D eigenvalue weighted by molar-refractivity contribution is 7.86. The van der Waals surface area contributed by atoms with Crippen molar-refractivity contribution >= 4 is 10.2 Å². The van der Waals surface area contributed by atoms with Gasteiger partial charge in [-0.25, -0.2) is 0 Å². The Kier molecular flexibility index (Phi) is 5.61. The lowest BCUT2D eigenvalue weighted by Crippen LogP contribution is -2.48. The fourth-order valence-electron chi connectivity index (χ4n) is 3.13. The van der Waals surface area contributed by atoms with Crippen LogP contribution in [0.1, 0.15) is 31.4 Å². The van der Waals surface area contributed by atoms with E-state index in [0.717, 1.165) is 18.6 Å². The number of hydrogen-bond donors (Lipinski definition) is 0. The molecule has 1 aliphatic heterocycles. The molecule has 136 valence electrons. The molecule has 1 fully saturated rings. The van der Waals surface area contributed by atoms with Gasteiger partial charge in [-0.3, -0.25) is 0 Å². The van der Waals surface area contributed by atoms with Gasteiger partial charge in [0.15, 0.2) is 0 Å². The topological polar surface area (TPSA) is 40.6 Å². The van der Waals surface area contributed by atoms with Crippen LogP contribution < -0.4 is 0 Å². The maximum Gasteiger partial charge on any atom is 0.416 e. The van der Waals surface area contributed by atoms with Crippen molar-refractivity contribution in [3.63, 3.8) is 0 Å². The largest absolute Gasteiger partial charge is 0.416 e. The summed E-state index contributed by atoms with van der Waals surface area (Å²) < 4.78 is 65.7. The molecule has 1 aromatic rings. The standard InChI is InChI=1S/C16H23F3N2O2S/c1-12-8-13(2)10-21(9-12)24(22,23)20(3)11-14-4-6-15(7-5-14)16(17,18)19/h4-7,12-13H,8-11H2,1-3H3. The molecule has 0 aromatic heterocycles. The van der Waals surface area contributed by atoms with E-state index in [1.807, 2.05) is 13.8 Å². The van der Waals surface area contributed by atoms with Gasteiger partial charge in [-0.1, -0.05) is 26.0 Å². The average molecular weight is 364 g/mol. The summed E-state index contributed by atoms with van der Waals surface area (Å²) in [7, 11) is -2.16. The van der Waals surface area contributed by atoms with Gasteiger partial charge < -0.3 is 0 Å². The molecule has 1 saturated heterocycles. The van der Waals surface area contributed by atoms with Gasteiger partial charge in [-0.2, -0.15) is 30.2 Å². The molecule has 8 heteroatoms. The maximum absolute atomic E-state index is 12.7. The van der Waals surface area contributed by atoms with E-state index in [9.17, 15) is 21.6 Å². The van der Waals surface area contributed by atoms with Gasteiger partial charge in [0.2, 0.25) is 0 Å². The van der Waals surface area contributed by atoms with E-state index in [2.05, 4.69) is 0 Å². The van der Waals surface area contributed by atoms with Crippen LogP contribution in [0.15, 0.2) is 24.3 Å². The highest BCUT2D eigenvalue weighted by atomic mass is 32.2. The molecule has 0 spiro atoms. The van der Waals surface area contributed by atoms with Crippen LogP contribution in [0.3, 0.4) is 0 Å². The zero-order valence-electron chi connectivity index (χ0n) is 14.0. The minimum Gasteiger partial charge on any atom is -0.195 e. The summed E-state index contributed by atoms with van der Waals surface area (Å²) in [6.07, 6.45) is -3.40. The minimum atomic E-state index is -4.39. The Morgan fingerprint density at radius 1 is 1.12 bits per heavy atom. The van der Waals surface area contributed by atoms with Gasteiger partial charge in [0.25, 0.3) is 10.2 Å². The Bertz CT molecular complexity index is 649. The van der Waals surface area contributed by atoms with E-state index in [1.165, 1.54) is 27.8 Å². The van der Waals surface area contributed by atoms with Crippen LogP contribution in [0.25, 0.3) is 0 Å². The number of rotatable bonds is 4. The third kappa shape index (κ3) is 4.49. The number of halogens is 3. The molecule has 2 unspecified atom stereocenters. The van der Waals surface area contributed by atoms with E-state index in [0.29, 0.717) is 30.5 Å². The summed E-state index contributed by atoms with van der Waals surface area (Å²) in [5.74, 6) is 0.589. The quantitative estimate of drug-likeness (QED) is 0.822. The molecular weight excluding hydrogens is 341 g/mol. The van der Waals surface area contributed by atoms with Crippen LogP contribution in [-0.2, 0) is 22.9 Å². The smallest absolute Gasteiger partial charge is 0.195 e. The lowest BCUT2D eigenvalue weighted by molar-refractivity contribution is -0.137. The molecule has 1 heterocycles. The van der Waals surface area contributed by atoms with Crippen molar-refractivity contribution in [3.8, 4) is 0 Å². The molecule has 1 aliphatic rings. The lowest BCUT2D eigenvalue weighted by atomic mass is 9.94. The maximum atomic E-state index is 12.7. The predicted octanol–water partition coefficient (Wildman–Crippen LogP) is 3.36. The molecule has 0 saturated carbocycles. The highest BCUT2D eigenvalue weighted by Crippen LogP contribution is 2.29. The zero-order valence-corrected chi connectivity index (χ0v) is 14.9. The Morgan fingerprint density at radius 3 is 2.08 bits per heavy atom. The first-order valence-electron chi connectivity index (χ1n) is 7.87. The molecule has 0 aliphatic carbocycles. The fourth-order valence-corrected chi connectivity index (χ4v) is 4.72. The van der Waals surface area contributed by atoms with Gasteiger partial charge in [-0.15, -0.1) is 0 Å². The van der Waals surface area contributed by atoms with E-state index < -0.39 is 21.9 Å². The molecule has 1 aromatic carbocycles. The number of nitrogens with zero attached hydrogens (tertiary/aromatic N) is 2. The van der Waals surface area contributed by atoms with Crippen molar-refractivity contribution in [3.05, 3.63) is 35.4 Å². The normalized spacial score (nSPS) is 23.6. The molecule has 2 atom stereocenters. The van der Waals surface area contributed by atoms with E-state index in [1.54, 1.807) is 0 Å². The van der Waals surface area contributed by atoms with Gasteiger partial charge in [-0.05, 0) is 36.0 Å². The second-order valence-corrected chi connectivity index (χ2v) is 8.76. The summed E-state index contributed by atoms with van der Waals surface area (Å²) in [5.41, 5.74) is -0.220. The van der Waals surface area contributed by atoms with Crippen molar-refractivity contribution < 1.29 is 21.6 Å². The second kappa shape index (κ2) is 7.01. The first kappa shape index (κ1) is 19.2. The van der Waals surface area contributed by atoms with Crippen LogP contribution in [0.5, 0.6) is 0 Å². The van der Waals surface area contributed by atoms with E-state index >= 15 is 0 Å². The van der Waals surface area contributed by atoms with Crippen LogP contribution in [-0.4, -0.2) is 37.2 Å². The zero-order chi connectivity index (χ0) is 18.1. The molecule has 0 N–H and O–H groups in total. The number of hydrogen-bond acceptors (Lipinski definition) is 2. The summed E-state index contributed by atoms with van der Waals surface area (Å²) in [4.78, 5) is 0. The van der Waals surface area contributed by atoms with Crippen LogP contribution >= 0.6 is 0 Å². The average Bonchev–Trinajstić information content (AvgIpc) is 2.45. The van der Waals surface area contributed by atoms with Gasteiger partial charge >= 0.3 is 6.18 Å². The van der Waals surface area contributed by atoms with Crippen molar-refractivity contribution in [2.24, 2.45) is 11.8 Å². The second-order valence-electron chi connectivity index (χ2n) is 6.72. The highest BCUT2D eigenvalue weighted by Gasteiger charge is 2.33. The molecule has 24 heavy (non-hydrogen) atoms. The molecule has 0 bridgehead atoms. The van der Waals surface area contributed by atoms with Crippen molar-refractivity contribution in [1.82, 2.24) is 8.61 Å². The molecule has 0 amide bonds. The Labute approximate surface area is 141 Å². The molecule has 0 radical (unpaired) electrons. The van der Waals surface area contributed by atoms with E-state index in [-0.39, 0.29) is 6.54 Å². The third-order valence-electron chi connectivity index (χ3n) is 4.24. The summed E-state index contributed by atoms with van der Waals surface area (Å²) in [6, 6.07) is 4.58. The summed E-state index contributed by atoms with van der Waals surface area (Å²) in [5, 5.41) is 0. The van der Waals surface area contributed by atoms with Crippen LogP contribution in [0.4, 0.5) is 13.2 Å². The van der Waals surface area contributed by atoms with Gasteiger partial charge in [0, 0.05) is 26.7 Å².